The van der Waals surface area contributed by atoms with Gasteiger partial charge in [0.25, 0.3) is 0 Å². The van der Waals surface area contributed by atoms with E-state index >= 15 is 0 Å². The first kappa shape index (κ1) is 20.3. The van der Waals surface area contributed by atoms with Gasteiger partial charge in [0.2, 0.25) is 11.8 Å². The lowest BCUT2D eigenvalue weighted by Gasteiger charge is -2.29. The monoisotopic (exact) mass is 359 g/mol. The molecule has 26 heavy (non-hydrogen) atoms. The number of aryl methyl sites for hydroxylation is 1. The summed E-state index contributed by atoms with van der Waals surface area (Å²) in [5.41, 5.74) is 1.09. The predicted octanol–water partition coefficient (Wildman–Crippen LogP) is 3.21. The Bertz CT molecular complexity index is 615. The molecule has 5 heteroatoms. The SMILES string of the molecule is C=CCN(CC(=O)N(Cc1cccn1C)CC(C)C)C(=O)C1CCCC1. The Morgan fingerprint density at radius 2 is 2.00 bits per heavy atom. The number of carbonyl (C=O) groups excluding carboxylic acids is 2. The lowest BCUT2D eigenvalue weighted by atomic mass is 10.1. The van der Waals surface area contributed by atoms with Crippen LogP contribution in [0.3, 0.4) is 0 Å². The summed E-state index contributed by atoms with van der Waals surface area (Å²) in [6.45, 7) is 9.80. The molecule has 0 aliphatic heterocycles. The summed E-state index contributed by atoms with van der Waals surface area (Å²) in [5, 5.41) is 0. The van der Waals surface area contributed by atoms with E-state index in [1.54, 1.807) is 11.0 Å². The van der Waals surface area contributed by atoms with Crippen LogP contribution >= 0.6 is 0 Å². The molecule has 0 atom stereocenters. The zero-order valence-electron chi connectivity index (χ0n) is 16.5. The van der Waals surface area contributed by atoms with Crippen LogP contribution in [0.15, 0.2) is 31.0 Å². The van der Waals surface area contributed by atoms with E-state index in [4.69, 9.17) is 0 Å². The second kappa shape index (κ2) is 9.60. The summed E-state index contributed by atoms with van der Waals surface area (Å²) < 4.78 is 2.03. The average Bonchev–Trinajstić information content (AvgIpc) is 3.25. The molecule has 1 heterocycles. The normalized spacial score (nSPS) is 14.6. The van der Waals surface area contributed by atoms with Crippen molar-refractivity contribution in [1.82, 2.24) is 14.4 Å². The Labute approximate surface area is 157 Å². The largest absolute Gasteiger partial charge is 0.353 e. The van der Waals surface area contributed by atoms with E-state index in [0.29, 0.717) is 25.6 Å². The van der Waals surface area contributed by atoms with Crippen molar-refractivity contribution < 1.29 is 9.59 Å². The standard InChI is InChI=1S/C21H33N3O2/c1-5-12-23(21(26)18-9-6-7-10-18)16-20(25)24(14-17(2)3)15-19-11-8-13-22(19)4/h5,8,11,13,17-18H,1,6-7,9-10,12,14-16H2,2-4H3. The first-order chi connectivity index (χ1) is 12.4. The highest BCUT2D eigenvalue weighted by molar-refractivity contribution is 5.86. The first-order valence-electron chi connectivity index (χ1n) is 9.70. The van der Waals surface area contributed by atoms with E-state index < -0.39 is 0 Å². The van der Waals surface area contributed by atoms with Crippen LogP contribution in [0.5, 0.6) is 0 Å². The second-order valence-electron chi connectivity index (χ2n) is 7.77. The number of carbonyl (C=O) groups is 2. The quantitative estimate of drug-likeness (QED) is 0.636. The van der Waals surface area contributed by atoms with Gasteiger partial charge in [-0.15, -0.1) is 6.58 Å². The third-order valence-electron chi connectivity index (χ3n) is 5.03. The van der Waals surface area contributed by atoms with E-state index in [1.165, 1.54) is 0 Å². The molecule has 0 radical (unpaired) electrons. The van der Waals surface area contributed by atoms with Gasteiger partial charge in [-0.3, -0.25) is 9.59 Å². The van der Waals surface area contributed by atoms with Crippen LogP contribution in [0.1, 0.15) is 45.2 Å². The Hall–Kier alpha value is -2.04. The highest BCUT2D eigenvalue weighted by Gasteiger charge is 2.29. The lowest BCUT2D eigenvalue weighted by Crippen LogP contribution is -2.45. The molecule has 0 unspecified atom stereocenters. The molecule has 1 fully saturated rings. The van der Waals surface area contributed by atoms with Crippen LogP contribution in [-0.4, -0.2) is 45.8 Å². The van der Waals surface area contributed by atoms with Crippen LogP contribution in [0.2, 0.25) is 0 Å². The van der Waals surface area contributed by atoms with Crippen LogP contribution in [0.4, 0.5) is 0 Å². The predicted molar refractivity (Wildman–Crippen MR) is 104 cm³/mol. The number of hydrogen-bond acceptors (Lipinski definition) is 2. The third kappa shape index (κ3) is 5.48. The van der Waals surface area contributed by atoms with E-state index in [0.717, 1.165) is 31.4 Å². The van der Waals surface area contributed by atoms with Gasteiger partial charge in [0.15, 0.2) is 0 Å². The average molecular weight is 360 g/mol. The van der Waals surface area contributed by atoms with Crippen molar-refractivity contribution in [1.29, 1.82) is 0 Å². The number of amides is 2. The minimum absolute atomic E-state index is 0.00750. The molecule has 144 valence electrons. The van der Waals surface area contributed by atoms with Crippen LogP contribution in [0.25, 0.3) is 0 Å². The zero-order chi connectivity index (χ0) is 19.1. The molecule has 0 bridgehead atoms. The molecule has 1 aromatic rings. The van der Waals surface area contributed by atoms with Gasteiger partial charge in [0.1, 0.15) is 6.54 Å². The Kier molecular flexibility index (Phi) is 7.49. The number of nitrogens with zero attached hydrogens (tertiary/aromatic N) is 3. The molecule has 1 aromatic heterocycles. The van der Waals surface area contributed by atoms with Gasteiger partial charge in [0.05, 0.1) is 6.54 Å². The zero-order valence-corrected chi connectivity index (χ0v) is 16.5. The highest BCUT2D eigenvalue weighted by atomic mass is 16.2. The molecule has 1 aliphatic rings. The molecule has 2 amide bonds. The summed E-state index contributed by atoms with van der Waals surface area (Å²) in [6, 6.07) is 4.02. The topological polar surface area (TPSA) is 45.6 Å². The molecule has 0 saturated heterocycles. The fourth-order valence-corrected chi connectivity index (χ4v) is 3.63. The van der Waals surface area contributed by atoms with E-state index in [-0.39, 0.29) is 24.3 Å². The molecular weight excluding hydrogens is 326 g/mol. The summed E-state index contributed by atoms with van der Waals surface area (Å²) in [5.74, 6) is 0.569. The second-order valence-corrected chi connectivity index (χ2v) is 7.77. The van der Waals surface area contributed by atoms with Crippen molar-refractivity contribution in [3.05, 3.63) is 36.7 Å². The summed E-state index contributed by atoms with van der Waals surface area (Å²) >= 11 is 0. The Balaban J connectivity index is 2.07. The van der Waals surface area contributed by atoms with Gasteiger partial charge in [-0.05, 0) is 30.9 Å². The van der Waals surface area contributed by atoms with Crippen molar-refractivity contribution in [3.63, 3.8) is 0 Å². The summed E-state index contributed by atoms with van der Waals surface area (Å²) in [7, 11) is 1.99. The minimum Gasteiger partial charge on any atom is -0.353 e. The fourth-order valence-electron chi connectivity index (χ4n) is 3.63. The van der Waals surface area contributed by atoms with E-state index in [2.05, 4.69) is 20.4 Å². The smallest absolute Gasteiger partial charge is 0.242 e. The van der Waals surface area contributed by atoms with Gasteiger partial charge in [-0.25, -0.2) is 0 Å². The van der Waals surface area contributed by atoms with Crippen LogP contribution in [0, 0.1) is 11.8 Å². The summed E-state index contributed by atoms with van der Waals surface area (Å²) in [6.07, 6.45) is 7.81. The summed E-state index contributed by atoms with van der Waals surface area (Å²) in [4.78, 5) is 29.4. The maximum atomic E-state index is 13.0. The van der Waals surface area contributed by atoms with Gasteiger partial charge in [-0.1, -0.05) is 32.8 Å². The van der Waals surface area contributed by atoms with Gasteiger partial charge in [-0.2, -0.15) is 0 Å². The van der Waals surface area contributed by atoms with Crippen molar-refractivity contribution in [2.75, 3.05) is 19.6 Å². The number of hydrogen-bond donors (Lipinski definition) is 0. The van der Waals surface area contributed by atoms with Gasteiger partial charge in [0, 0.05) is 37.9 Å². The molecule has 1 aliphatic carbocycles. The molecular formula is C21H33N3O2. The third-order valence-corrected chi connectivity index (χ3v) is 5.03. The van der Waals surface area contributed by atoms with Crippen molar-refractivity contribution in [2.24, 2.45) is 18.9 Å². The van der Waals surface area contributed by atoms with Gasteiger partial charge >= 0.3 is 0 Å². The molecule has 0 spiro atoms. The van der Waals surface area contributed by atoms with Crippen molar-refractivity contribution >= 4 is 11.8 Å². The maximum Gasteiger partial charge on any atom is 0.242 e. The van der Waals surface area contributed by atoms with Crippen molar-refractivity contribution in [3.8, 4) is 0 Å². The minimum atomic E-state index is 0.00750. The van der Waals surface area contributed by atoms with Crippen LogP contribution in [-0.2, 0) is 23.2 Å². The van der Waals surface area contributed by atoms with Crippen molar-refractivity contribution in [2.45, 2.75) is 46.1 Å². The molecule has 1 saturated carbocycles. The highest BCUT2D eigenvalue weighted by Crippen LogP contribution is 2.26. The molecule has 0 N–H and O–H groups in total. The van der Waals surface area contributed by atoms with E-state index in [1.807, 2.05) is 34.8 Å². The van der Waals surface area contributed by atoms with Gasteiger partial charge < -0.3 is 14.4 Å². The number of rotatable bonds is 9. The Morgan fingerprint density at radius 1 is 1.31 bits per heavy atom. The Morgan fingerprint density at radius 3 is 2.54 bits per heavy atom. The first-order valence-corrected chi connectivity index (χ1v) is 9.70. The lowest BCUT2D eigenvalue weighted by molar-refractivity contribution is -0.143. The fraction of sp³-hybridized carbons (Fsp3) is 0.619. The number of aromatic nitrogens is 1. The maximum absolute atomic E-state index is 13.0. The molecule has 2 rings (SSSR count). The van der Waals surface area contributed by atoms with Crippen LogP contribution < -0.4 is 0 Å². The molecule has 5 nitrogen and oxygen atoms in total. The molecule has 0 aromatic carbocycles. The van der Waals surface area contributed by atoms with E-state index in [9.17, 15) is 9.59 Å².